The number of aliphatic hydroxyl groups is 1. The number of hydrogen-bond acceptors (Lipinski definition) is 5. The maximum absolute atomic E-state index is 12.0. The number of hydrogen-bond donors (Lipinski definition) is 2. The molecule has 1 aliphatic rings. The lowest BCUT2D eigenvalue weighted by molar-refractivity contribution is 0.0382. The summed E-state index contributed by atoms with van der Waals surface area (Å²) in [6.45, 7) is 3.73. The standard InChI is InChI=1S/C13H20ClN3O3/c1-2-3-5-17-12(18)11(14)10(7-16-17)15-8-13(19)4-6-20-9-13/h7,15,19H,2-6,8-9H2,1H3. The second-order valence-corrected chi connectivity index (χ2v) is 5.51. The summed E-state index contributed by atoms with van der Waals surface area (Å²) >= 11 is 6.06. The molecule has 0 saturated carbocycles. The molecule has 2 rings (SSSR count). The summed E-state index contributed by atoms with van der Waals surface area (Å²) in [5.41, 5.74) is -0.759. The molecule has 2 heterocycles. The lowest BCUT2D eigenvalue weighted by Gasteiger charge is -2.21. The predicted molar refractivity (Wildman–Crippen MR) is 77.3 cm³/mol. The van der Waals surface area contributed by atoms with Crippen molar-refractivity contribution in [3.63, 3.8) is 0 Å². The Labute approximate surface area is 122 Å². The van der Waals surface area contributed by atoms with Gasteiger partial charge in [-0.2, -0.15) is 5.10 Å². The van der Waals surface area contributed by atoms with Crippen LogP contribution in [0.3, 0.4) is 0 Å². The molecule has 7 heteroatoms. The fraction of sp³-hybridized carbons (Fsp3) is 0.692. The Bertz CT molecular complexity index is 512. The van der Waals surface area contributed by atoms with Crippen LogP contribution in [0.15, 0.2) is 11.0 Å². The summed E-state index contributed by atoms with van der Waals surface area (Å²) < 4.78 is 6.53. The molecule has 0 bridgehead atoms. The molecule has 112 valence electrons. The third-order valence-corrected chi connectivity index (χ3v) is 3.76. The number of nitrogens with one attached hydrogen (secondary N) is 1. The maximum atomic E-state index is 12.0. The quantitative estimate of drug-likeness (QED) is 0.827. The van der Waals surface area contributed by atoms with Crippen molar-refractivity contribution < 1.29 is 9.84 Å². The molecule has 6 nitrogen and oxygen atoms in total. The van der Waals surface area contributed by atoms with E-state index in [-0.39, 0.29) is 17.1 Å². The van der Waals surface area contributed by atoms with Gasteiger partial charge < -0.3 is 15.2 Å². The van der Waals surface area contributed by atoms with Crippen molar-refractivity contribution in [3.05, 3.63) is 21.6 Å². The van der Waals surface area contributed by atoms with Gasteiger partial charge in [-0.1, -0.05) is 24.9 Å². The largest absolute Gasteiger partial charge is 0.386 e. The molecule has 0 spiro atoms. The van der Waals surface area contributed by atoms with Crippen LogP contribution in [0, 0.1) is 0 Å². The van der Waals surface area contributed by atoms with Gasteiger partial charge in [0.05, 0.1) is 18.5 Å². The Morgan fingerprint density at radius 3 is 3.10 bits per heavy atom. The van der Waals surface area contributed by atoms with E-state index in [0.717, 1.165) is 12.8 Å². The molecule has 2 N–H and O–H groups in total. The molecule has 0 amide bonds. The minimum atomic E-state index is -0.902. The molecule has 1 aliphatic heterocycles. The van der Waals surface area contributed by atoms with Gasteiger partial charge in [-0.05, 0) is 6.42 Å². The minimum Gasteiger partial charge on any atom is -0.386 e. The molecule has 1 atom stereocenters. The van der Waals surface area contributed by atoms with E-state index in [2.05, 4.69) is 10.4 Å². The van der Waals surface area contributed by atoms with Crippen LogP contribution >= 0.6 is 11.6 Å². The molecule has 1 aromatic rings. The molecule has 1 aromatic heterocycles. The molecule has 20 heavy (non-hydrogen) atoms. The monoisotopic (exact) mass is 301 g/mol. The predicted octanol–water partition coefficient (Wildman–Crippen LogP) is 1.26. The Hall–Kier alpha value is -1.11. The third-order valence-electron chi connectivity index (χ3n) is 3.40. The van der Waals surface area contributed by atoms with Crippen LogP contribution < -0.4 is 10.9 Å². The number of rotatable bonds is 6. The van der Waals surface area contributed by atoms with Crippen molar-refractivity contribution in [1.29, 1.82) is 0 Å². The fourth-order valence-electron chi connectivity index (χ4n) is 2.05. The Morgan fingerprint density at radius 2 is 2.45 bits per heavy atom. The van der Waals surface area contributed by atoms with Crippen LogP contribution in [0.1, 0.15) is 26.2 Å². The van der Waals surface area contributed by atoms with Gasteiger partial charge in [-0.3, -0.25) is 4.79 Å². The van der Waals surface area contributed by atoms with E-state index in [1.807, 2.05) is 6.92 Å². The lowest BCUT2D eigenvalue weighted by Crippen LogP contribution is -2.37. The van der Waals surface area contributed by atoms with Crippen molar-refractivity contribution >= 4 is 17.3 Å². The van der Waals surface area contributed by atoms with E-state index < -0.39 is 5.60 Å². The first-order valence-corrected chi connectivity index (χ1v) is 7.23. The first kappa shape index (κ1) is 15.3. The van der Waals surface area contributed by atoms with Crippen LogP contribution in [-0.4, -0.2) is 40.2 Å². The van der Waals surface area contributed by atoms with Crippen LogP contribution in [0.2, 0.25) is 5.02 Å². The summed E-state index contributed by atoms with van der Waals surface area (Å²) in [6, 6.07) is 0. The van der Waals surface area contributed by atoms with E-state index >= 15 is 0 Å². The zero-order valence-electron chi connectivity index (χ0n) is 11.6. The highest BCUT2D eigenvalue weighted by atomic mass is 35.5. The van der Waals surface area contributed by atoms with E-state index in [1.165, 1.54) is 10.9 Å². The average molecular weight is 302 g/mol. The highest BCUT2D eigenvalue weighted by Crippen LogP contribution is 2.21. The fourth-order valence-corrected chi connectivity index (χ4v) is 2.26. The van der Waals surface area contributed by atoms with Crippen molar-refractivity contribution in [2.24, 2.45) is 0 Å². The van der Waals surface area contributed by atoms with Gasteiger partial charge in [0, 0.05) is 26.1 Å². The minimum absolute atomic E-state index is 0.110. The number of nitrogens with zero attached hydrogens (tertiary/aromatic N) is 2. The molecular weight excluding hydrogens is 282 g/mol. The van der Waals surface area contributed by atoms with Crippen LogP contribution in [0.25, 0.3) is 0 Å². The van der Waals surface area contributed by atoms with Gasteiger partial charge in [-0.25, -0.2) is 4.68 Å². The smallest absolute Gasteiger partial charge is 0.287 e. The summed E-state index contributed by atoms with van der Waals surface area (Å²) in [6.07, 6.45) is 3.96. The Kier molecular flexibility index (Phi) is 5.01. The first-order valence-electron chi connectivity index (χ1n) is 6.85. The van der Waals surface area contributed by atoms with E-state index in [4.69, 9.17) is 16.3 Å². The number of aryl methyl sites for hydroxylation is 1. The molecule has 0 aromatic carbocycles. The molecule has 1 fully saturated rings. The molecule has 0 radical (unpaired) electrons. The van der Waals surface area contributed by atoms with E-state index in [9.17, 15) is 9.90 Å². The van der Waals surface area contributed by atoms with Crippen LogP contribution in [0.4, 0.5) is 5.69 Å². The average Bonchev–Trinajstić information content (AvgIpc) is 2.87. The summed E-state index contributed by atoms with van der Waals surface area (Å²) in [4.78, 5) is 12.0. The van der Waals surface area contributed by atoms with Gasteiger partial charge >= 0.3 is 0 Å². The van der Waals surface area contributed by atoms with Gasteiger partial charge in [0.15, 0.2) is 0 Å². The summed E-state index contributed by atoms with van der Waals surface area (Å²) in [7, 11) is 0. The zero-order chi connectivity index (χ0) is 14.6. The third kappa shape index (κ3) is 3.50. The van der Waals surface area contributed by atoms with Crippen molar-refractivity contribution in [2.75, 3.05) is 25.1 Å². The van der Waals surface area contributed by atoms with E-state index in [1.54, 1.807) is 0 Å². The molecule has 1 saturated heterocycles. The normalized spacial score (nSPS) is 22.1. The Morgan fingerprint density at radius 1 is 1.65 bits per heavy atom. The second kappa shape index (κ2) is 6.56. The van der Waals surface area contributed by atoms with Crippen LogP contribution in [0.5, 0.6) is 0 Å². The van der Waals surface area contributed by atoms with Crippen LogP contribution in [-0.2, 0) is 11.3 Å². The van der Waals surface area contributed by atoms with Gasteiger partial charge in [-0.15, -0.1) is 0 Å². The van der Waals surface area contributed by atoms with Gasteiger partial charge in [0.25, 0.3) is 5.56 Å². The summed E-state index contributed by atoms with van der Waals surface area (Å²) in [5.74, 6) is 0. The van der Waals surface area contributed by atoms with Crippen molar-refractivity contribution in [3.8, 4) is 0 Å². The number of halogens is 1. The topological polar surface area (TPSA) is 76.4 Å². The maximum Gasteiger partial charge on any atom is 0.287 e. The highest BCUT2D eigenvalue weighted by molar-refractivity contribution is 6.32. The molecule has 0 aliphatic carbocycles. The molecule has 1 unspecified atom stereocenters. The highest BCUT2D eigenvalue weighted by Gasteiger charge is 2.32. The SMILES string of the molecule is CCCCn1ncc(NCC2(O)CCOC2)c(Cl)c1=O. The number of anilines is 1. The lowest BCUT2D eigenvalue weighted by atomic mass is 10.0. The number of aromatic nitrogens is 2. The zero-order valence-corrected chi connectivity index (χ0v) is 12.3. The van der Waals surface area contributed by atoms with E-state index in [0.29, 0.717) is 31.9 Å². The first-order chi connectivity index (χ1) is 9.56. The second-order valence-electron chi connectivity index (χ2n) is 5.13. The Balaban J connectivity index is 2.05. The van der Waals surface area contributed by atoms with Gasteiger partial charge in [0.1, 0.15) is 10.6 Å². The number of ether oxygens (including phenoxy) is 1. The van der Waals surface area contributed by atoms with Crippen molar-refractivity contribution in [1.82, 2.24) is 9.78 Å². The number of unbranched alkanes of at least 4 members (excludes halogenated alkanes) is 1. The van der Waals surface area contributed by atoms with Gasteiger partial charge in [0.2, 0.25) is 0 Å². The summed E-state index contributed by atoms with van der Waals surface area (Å²) in [5, 5.41) is 17.3. The molecular formula is C13H20ClN3O3. The van der Waals surface area contributed by atoms with Crippen molar-refractivity contribution in [2.45, 2.75) is 38.3 Å².